The number of nitrogens with zero attached hydrogens (tertiary/aromatic N) is 3. The molecule has 1 unspecified atom stereocenters. The second-order valence-corrected chi connectivity index (χ2v) is 9.96. The molecule has 3 fully saturated rings. The maximum atomic E-state index is 13.0. The van der Waals surface area contributed by atoms with Gasteiger partial charge >= 0.3 is 0 Å². The Morgan fingerprint density at radius 1 is 1.10 bits per heavy atom. The van der Waals surface area contributed by atoms with E-state index < -0.39 is 0 Å². The van der Waals surface area contributed by atoms with Crippen molar-refractivity contribution in [1.29, 1.82) is 0 Å². The highest BCUT2D eigenvalue weighted by molar-refractivity contribution is 9.10. The van der Waals surface area contributed by atoms with Crippen LogP contribution in [-0.4, -0.2) is 52.2 Å². The molecule has 1 atom stereocenters. The molecular weight excluding hydrogens is 448 g/mol. The maximum Gasteiger partial charge on any atom is 0.274 e. The maximum absolute atomic E-state index is 13.0. The largest absolute Gasteiger partial charge is 0.356 e. The van der Waals surface area contributed by atoms with E-state index in [-0.39, 0.29) is 24.0 Å². The van der Waals surface area contributed by atoms with Crippen LogP contribution in [0.15, 0.2) is 10.7 Å². The van der Waals surface area contributed by atoms with Crippen molar-refractivity contribution >= 4 is 27.7 Å². The molecule has 1 saturated carbocycles. The zero-order valence-corrected chi connectivity index (χ0v) is 19.4. The lowest BCUT2D eigenvalue weighted by Gasteiger charge is -2.33. The minimum Gasteiger partial charge on any atom is -0.356 e. The predicted molar refractivity (Wildman–Crippen MR) is 117 cm³/mol. The lowest BCUT2D eigenvalue weighted by atomic mass is 9.86. The molecule has 1 N–H and O–H groups in total. The number of carbonyl (C=O) groups is 2. The third-order valence-electron chi connectivity index (χ3n) is 6.85. The minimum absolute atomic E-state index is 0.00772. The quantitative estimate of drug-likeness (QED) is 0.708. The van der Waals surface area contributed by atoms with Crippen molar-refractivity contribution in [3.8, 4) is 0 Å². The van der Waals surface area contributed by atoms with Crippen LogP contribution in [0.25, 0.3) is 0 Å². The highest BCUT2D eigenvalue weighted by atomic mass is 79.9. The molecule has 1 aromatic heterocycles. The number of carbonyl (C=O) groups excluding carboxylic acids is 2. The highest BCUT2D eigenvalue weighted by Crippen LogP contribution is 2.28. The van der Waals surface area contributed by atoms with Crippen molar-refractivity contribution < 1.29 is 14.3 Å². The normalized spacial score (nSPS) is 28.3. The molecule has 0 radical (unpaired) electrons. The summed E-state index contributed by atoms with van der Waals surface area (Å²) in [6.45, 7) is 4.22. The molecule has 2 amide bonds. The van der Waals surface area contributed by atoms with Crippen molar-refractivity contribution in [1.82, 2.24) is 20.0 Å². The molecule has 0 spiro atoms. The first-order valence-corrected chi connectivity index (χ1v) is 12.3. The molecule has 7 nitrogen and oxygen atoms in total. The van der Waals surface area contributed by atoms with Gasteiger partial charge in [-0.05, 0) is 79.6 Å². The lowest BCUT2D eigenvalue weighted by Crippen LogP contribution is -2.46. The van der Waals surface area contributed by atoms with Crippen LogP contribution in [0.2, 0.25) is 0 Å². The Hall–Kier alpha value is -1.41. The third-order valence-corrected chi connectivity index (χ3v) is 7.45. The summed E-state index contributed by atoms with van der Waals surface area (Å²) < 4.78 is 8.34. The van der Waals surface area contributed by atoms with Crippen molar-refractivity contribution in [2.24, 2.45) is 11.8 Å². The third kappa shape index (κ3) is 5.07. The van der Waals surface area contributed by atoms with Gasteiger partial charge in [-0.15, -0.1) is 0 Å². The zero-order chi connectivity index (χ0) is 21.1. The molecule has 1 aliphatic carbocycles. The van der Waals surface area contributed by atoms with E-state index in [9.17, 15) is 9.59 Å². The van der Waals surface area contributed by atoms with Crippen LogP contribution < -0.4 is 5.32 Å². The Morgan fingerprint density at radius 3 is 2.50 bits per heavy atom. The van der Waals surface area contributed by atoms with E-state index >= 15 is 0 Å². The molecule has 3 aliphatic rings. The Bertz CT molecular complexity index is 746. The molecule has 1 aromatic rings. The van der Waals surface area contributed by atoms with E-state index in [0.29, 0.717) is 37.7 Å². The first-order valence-electron chi connectivity index (χ1n) is 11.5. The number of halogens is 1. The fraction of sp³-hybridized carbons (Fsp3) is 0.773. The number of rotatable bonds is 4. The molecule has 8 heteroatoms. The fourth-order valence-electron chi connectivity index (χ4n) is 4.82. The Kier molecular flexibility index (Phi) is 7.13. The molecule has 0 bridgehead atoms. The Morgan fingerprint density at radius 2 is 1.83 bits per heavy atom. The van der Waals surface area contributed by atoms with Crippen LogP contribution in [-0.2, 0) is 9.53 Å². The number of amides is 2. The van der Waals surface area contributed by atoms with Crippen LogP contribution in [0, 0.1) is 11.8 Å². The summed E-state index contributed by atoms with van der Waals surface area (Å²) in [7, 11) is 0. The summed E-state index contributed by atoms with van der Waals surface area (Å²) in [5.41, 5.74) is 0.440. The van der Waals surface area contributed by atoms with E-state index in [1.54, 1.807) is 10.7 Å². The zero-order valence-electron chi connectivity index (χ0n) is 17.8. The van der Waals surface area contributed by atoms with Gasteiger partial charge in [0.15, 0.2) is 11.9 Å². The van der Waals surface area contributed by atoms with Crippen LogP contribution in [0.4, 0.5) is 0 Å². The van der Waals surface area contributed by atoms with Crippen molar-refractivity contribution in [2.75, 3.05) is 19.7 Å². The van der Waals surface area contributed by atoms with Gasteiger partial charge in [-0.3, -0.25) is 9.59 Å². The average Bonchev–Trinajstić information content (AvgIpc) is 3.17. The fourth-order valence-corrected chi connectivity index (χ4v) is 5.35. The molecular formula is C22H33BrN4O3. The van der Waals surface area contributed by atoms with Crippen LogP contribution in [0.3, 0.4) is 0 Å². The number of ether oxygens (including phenoxy) is 1. The van der Waals surface area contributed by atoms with E-state index in [1.807, 2.05) is 4.90 Å². The standard InChI is InChI=1S/C22H33BrN4O3/c1-15-5-7-17(8-6-15)24-21(28)16-9-11-26(12-10-16)22(29)18-14-19(23)27(25-18)20-4-2-3-13-30-20/h14-17,20H,2-13H2,1H3,(H,24,28). The van der Waals surface area contributed by atoms with Crippen molar-refractivity contribution in [2.45, 2.75) is 77.0 Å². The van der Waals surface area contributed by atoms with Gasteiger partial charge in [0, 0.05) is 37.7 Å². The van der Waals surface area contributed by atoms with Crippen LogP contribution >= 0.6 is 15.9 Å². The summed E-state index contributed by atoms with van der Waals surface area (Å²) in [5.74, 6) is 0.891. The van der Waals surface area contributed by atoms with Crippen molar-refractivity contribution in [3.63, 3.8) is 0 Å². The number of piperidine rings is 1. The van der Waals surface area contributed by atoms with Gasteiger partial charge in [0.25, 0.3) is 5.91 Å². The Balaban J connectivity index is 1.28. The average molecular weight is 481 g/mol. The van der Waals surface area contributed by atoms with Gasteiger partial charge in [-0.1, -0.05) is 6.92 Å². The first kappa shape index (κ1) is 21.8. The number of likely N-dealkylation sites (tertiary alicyclic amines) is 1. The lowest BCUT2D eigenvalue weighted by molar-refractivity contribution is -0.127. The van der Waals surface area contributed by atoms with E-state index in [4.69, 9.17) is 4.74 Å². The molecule has 2 aliphatic heterocycles. The van der Waals surface area contributed by atoms with Gasteiger partial charge in [-0.2, -0.15) is 5.10 Å². The monoisotopic (exact) mass is 480 g/mol. The summed E-state index contributed by atoms with van der Waals surface area (Å²) >= 11 is 3.52. The van der Waals surface area contributed by atoms with Gasteiger partial charge < -0.3 is 15.0 Å². The van der Waals surface area contributed by atoms with Crippen LogP contribution in [0.5, 0.6) is 0 Å². The smallest absolute Gasteiger partial charge is 0.274 e. The molecule has 30 heavy (non-hydrogen) atoms. The molecule has 4 rings (SSSR count). The molecule has 2 saturated heterocycles. The predicted octanol–water partition coefficient (Wildman–Crippen LogP) is 3.89. The second-order valence-electron chi connectivity index (χ2n) is 9.15. The van der Waals surface area contributed by atoms with Crippen molar-refractivity contribution in [3.05, 3.63) is 16.4 Å². The SMILES string of the molecule is CC1CCC(NC(=O)C2CCN(C(=O)c3cc(Br)n(C4CCCCO4)n3)CC2)CC1. The number of aromatic nitrogens is 2. The highest BCUT2D eigenvalue weighted by Gasteiger charge is 2.31. The topological polar surface area (TPSA) is 76.5 Å². The van der Waals surface area contributed by atoms with E-state index in [1.165, 1.54) is 12.8 Å². The van der Waals surface area contributed by atoms with Crippen LogP contribution in [0.1, 0.15) is 81.4 Å². The molecule has 166 valence electrons. The van der Waals surface area contributed by atoms with Gasteiger partial charge in [-0.25, -0.2) is 4.68 Å². The molecule has 3 heterocycles. The summed E-state index contributed by atoms with van der Waals surface area (Å²) in [5, 5.41) is 7.77. The molecule has 0 aromatic carbocycles. The Labute approximate surface area is 187 Å². The number of hydrogen-bond donors (Lipinski definition) is 1. The van der Waals surface area contributed by atoms with E-state index in [0.717, 1.165) is 49.2 Å². The second kappa shape index (κ2) is 9.81. The summed E-state index contributed by atoms with van der Waals surface area (Å²) in [6, 6.07) is 2.11. The summed E-state index contributed by atoms with van der Waals surface area (Å²) in [6.07, 6.45) is 9.00. The minimum atomic E-state index is -0.105. The van der Waals surface area contributed by atoms with Gasteiger partial charge in [0.2, 0.25) is 5.91 Å². The number of hydrogen-bond acceptors (Lipinski definition) is 4. The number of nitrogens with one attached hydrogen (secondary N) is 1. The summed E-state index contributed by atoms with van der Waals surface area (Å²) in [4.78, 5) is 27.5. The van der Waals surface area contributed by atoms with E-state index in [2.05, 4.69) is 33.3 Å². The van der Waals surface area contributed by atoms with Gasteiger partial charge in [0.1, 0.15) is 4.60 Å². The van der Waals surface area contributed by atoms with Gasteiger partial charge in [0.05, 0.1) is 0 Å². The first-order chi connectivity index (χ1) is 14.5.